The summed E-state index contributed by atoms with van der Waals surface area (Å²) in [6, 6.07) is 13.1. The van der Waals surface area contributed by atoms with Crippen molar-refractivity contribution in [2.45, 2.75) is 0 Å². The van der Waals surface area contributed by atoms with E-state index in [1.54, 1.807) is 31.5 Å². The molecule has 102 valence electrons. The number of hydrogen-bond acceptors (Lipinski definition) is 5. The van der Waals surface area contributed by atoms with Gasteiger partial charge >= 0.3 is 0 Å². The van der Waals surface area contributed by atoms with E-state index in [2.05, 4.69) is 21.4 Å². The molecule has 1 aromatic carbocycles. The minimum Gasteiger partial charge on any atom is -0.497 e. The molecule has 0 atom stereocenters. The minimum absolute atomic E-state index is 0.348. The summed E-state index contributed by atoms with van der Waals surface area (Å²) in [4.78, 5) is 4.21. The lowest BCUT2D eigenvalue weighted by atomic mass is 10.2. The molecule has 21 heavy (non-hydrogen) atoms. The van der Waals surface area contributed by atoms with Gasteiger partial charge in [0.15, 0.2) is 5.65 Å². The van der Waals surface area contributed by atoms with Crippen molar-refractivity contribution in [3.8, 4) is 11.8 Å². The first-order valence-corrected chi connectivity index (χ1v) is 6.24. The normalized spacial score (nSPS) is 11.3. The Morgan fingerprint density at radius 1 is 1.29 bits per heavy atom. The zero-order chi connectivity index (χ0) is 14.7. The maximum absolute atomic E-state index is 9.36. The van der Waals surface area contributed by atoms with Crippen LogP contribution in [0.3, 0.4) is 0 Å². The highest BCUT2D eigenvalue weighted by molar-refractivity contribution is 5.84. The molecule has 0 bridgehead atoms. The third-order valence-corrected chi connectivity index (χ3v) is 2.97. The van der Waals surface area contributed by atoms with Crippen molar-refractivity contribution in [1.82, 2.24) is 20.0 Å². The third-order valence-electron chi connectivity index (χ3n) is 2.97. The van der Waals surface area contributed by atoms with Crippen molar-refractivity contribution >= 4 is 22.9 Å². The van der Waals surface area contributed by atoms with Gasteiger partial charge in [-0.2, -0.15) is 9.94 Å². The molecule has 0 fully saturated rings. The van der Waals surface area contributed by atoms with Gasteiger partial charge in [-0.05, 0) is 35.9 Å². The zero-order valence-electron chi connectivity index (χ0n) is 11.3. The van der Waals surface area contributed by atoms with Crippen LogP contribution in [0.15, 0.2) is 42.6 Å². The van der Waals surface area contributed by atoms with E-state index in [9.17, 15) is 5.26 Å². The van der Waals surface area contributed by atoms with Crippen LogP contribution in [-0.2, 0) is 0 Å². The second kappa shape index (κ2) is 5.43. The molecule has 2 aromatic heterocycles. The maximum atomic E-state index is 9.36. The molecule has 6 heteroatoms. The Kier molecular flexibility index (Phi) is 3.31. The first-order valence-electron chi connectivity index (χ1n) is 6.24. The van der Waals surface area contributed by atoms with Crippen molar-refractivity contribution in [2.75, 3.05) is 7.11 Å². The van der Waals surface area contributed by atoms with Gasteiger partial charge in [-0.15, -0.1) is 5.10 Å². The van der Waals surface area contributed by atoms with Gasteiger partial charge in [0, 0.05) is 6.20 Å². The van der Waals surface area contributed by atoms with E-state index in [-0.39, 0.29) is 0 Å². The number of nitriles is 1. The predicted molar refractivity (Wildman–Crippen MR) is 78.1 cm³/mol. The monoisotopic (exact) mass is 277 g/mol. The Bertz CT molecular complexity index is 842. The maximum Gasteiger partial charge on any atom is 0.184 e. The number of pyridine rings is 1. The average molecular weight is 277 g/mol. The summed E-state index contributed by atoms with van der Waals surface area (Å²) in [5, 5.41) is 17.3. The number of nitrogens with zero attached hydrogens (tertiary/aromatic N) is 5. The van der Waals surface area contributed by atoms with E-state index in [1.165, 1.54) is 4.68 Å². The van der Waals surface area contributed by atoms with Crippen LogP contribution in [0.4, 0.5) is 0 Å². The molecular formula is C15H11N5O. The van der Waals surface area contributed by atoms with Crippen LogP contribution in [0, 0.1) is 11.3 Å². The Hall–Kier alpha value is -3.20. The van der Waals surface area contributed by atoms with Gasteiger partial charge in [0.25, 0.3) is 0 Å². The number of methoxy groups -OCH3 is 1. The molecule has 6 nitrogen and oxygen atoms in total. The Labute approximate surface area is 120 Å². The number of benzene rings is 1. The predicted octanol–water partition coefficient (Wildman–Crippen LogP) is 2.36. The van der Waals surface area contributed by atoms with Crippen LogP contribution in [0.5, 0.6) is 5.75 Å². The number of aromatic nitrogens is 4. The molecule has 0 saturated heterocycles. The SMILES string of the molecule is COc1ccc(/C=C(\C#N)n2nnc3cccnc32)cc1. The highest BCUT2D eigenvalue weighted by atomic mass is 16.5. The lowest BCUT2D eigenvalue weighted by Crippen LogP contribution is -1.98. The van der Waals surface area contributed by atoms with Crippen LogP contribution in [-0.4, -0.2) is 27.1 Å². The number of ether oxygens (including phenoxy) is 1. The molecule has 0 unspecified atom stereocenters. The molecule has 0 amide bonds. The fourth-order valence-electron chi connectivity index (χ4n) is 1.93. The molecular weight excluding hydrogens is 266 g/mol. The standard InChI is InChI=1S/C15H11N5O/c1-21-13-6-4-11(5-7-13)9-12(10-16)20-15-14(18-19-20)3-2-8-17-15/h2-9H,1H3/b12-9+. The van der Waals surface area contributed by atoms with Crippen molar-refractivity contribution in [3.63, 3.8) is 0 Å². The molecule has 3 rings (SSSR count). The summed E-state index contributed by atoms with van der Waals surface area (Å²) >= 11 is 0. The van der Waals surface area contributed by atoms with Gasteiger partial charge in [-0.1, -0.05) is 17.3 Å². The molecule has 3 aromatic rings. The van der Waals surface area contributed by atoms with Crippen LogP contribution in [0.2, 0.25) is 0 Å². The first-order chi connectivity index (χ1) is 10.3. The van der Waals surface area contributed by atoms with Gasteiger partial charge in [-0.25, -0.2) is 4.98 Å². The molecule has 0 saturated carbocycles. The van der Waals surface area contributed by atoms with Crippen molar-refractivity contribution < 1.29 is 4.74 Å². The Morgan fingerprint density at radius 3 is 2.81 bits per heavy atom. The van der Waals surface area contributed by atoms with E-state index in [0.29, 0.717) is 16.9 Å². The Morgan fingerprint density at radius 2 is 2.10 bits per heavy atom. The lowest BCUT2D eigenvalue weighted by Gasteiger charge is -2.01. The number of fused-ring (bicyclic) bond motifs is 1. The van der Waals surface area contributed by atoms with Gasteiger partial charge in [0.05, 0.1) is 7.11 Å². The van der Waals surface area contributed by atoms with Crippen LogP contribution < -0.4 is 4.74 Å². The lowest BCUT2D eigenvalue weighted by molar-refractivity contribution is 0.415. The molecule has 2 heterocycles. The largest absolute Gasteiger partial charge is 0.497 e. The Balaban J connectivity index is 2.05. The molecule has 0 aliphatic carbocycles. The van der Waals surface area contributed by atoms with Crippen molar-refractivity contribution in [2.24, 2.45) is 0 Å². The van der Waals surface area contributed by atoms with Crippen LogP contribution in [0.1, 0.15) is 5.56 Å². The molecule has 0 aliphatic rings. The minimum atomic E-state index is 0.348. The number of rotatable bonds is 3. The highest BCUT2D eigenvalue weighted by Crippen LogP contribution is 2.17. The van der Waals surface area contributed by atoms with Gasteiger partial charge in [0.2, 0.25) is 0 Å². The van der Waals surface area contributed by atoms with E-state index in [4.69, 9.17) is 4.74 Å². The van der Waals surface area contributed by atoms with Crippen LogP contribution in [0.25, 0.3) is 22.9 Å². The van der Waals surface area contributed by atoms with E-state index in [0.717, 1.165) is 11.3 Å². The summed E-state index contributed by atoms with van der Waals surface area (Å²) in [5.41, 5.74) is 2.42. The third kappa shape index (κ3) is 2.44. The van der Waals surface area contributed by atoms with Crippen LogP contribution >= 0.6 is 0 Å². The smallest absolute Gasteiger partial charge is 0.184 e. The molecule has 0 radical (unpaired) electrons. The quantitative estimate of drug-likeness (QED) is 0.687. The molecule has 0 N–H and O–H groups in total. The van der Waals surface area contributed by atoms with Gasteiger partial charge < -0.3 is 4.74 Å². The van der Waals surface area contributed by atoms with E-state index < -0.39 is 0 Å². The zero-order valence-corrected chi connectivity index (χ0v) is 11.3. The fourth-order valence-corrected chi connectivity index (χ4v) is 1.93. The summed E-state index contributed by atoms with van der Waals surface area (Å²) in [7, 11) is 1.61. The topological polar surface area (TPSA) is 76.6 Å². The van der Waals surface area contributed by atoms with Crippen molar-refractivity contribution in [3.05, 3.63) is 48.2 Å². The second-order valence-electron chi connectivity index (χ2n) is 4.26. The molecule has 0 spiro atoms. The number of allylic oxidation sites excluding steroid dienone is 1. The van der Waals surface area contributed by atoms with Crippen molar-refractivity contribution in [1.29, 1.82) is 5.26 Å². The summed E-state index contributed by atoms with van der Waals surface area (Å²) in [6.45, 7) is 0. The number of hydrogen-bond donors (Lipinski definition) is 0. The van der Waals surface area contributed by atoms with E-state index >= 15 is 0 Å². The second-order valence-corrected chi connectivity index (χ2v) is 4.26. The summed E-state index contributed by atoms with van der Waals surface area (Å²) in [5.74, 6) is 0.763. The van der Waals surface area contributed by atoms with Gasteiger partial charge in [-0.3, -0.25) is 0 Å². The van der Waals surface area contributed by atoms with Gasteiger partial charge in [0.1, 0.15) is 23.0 Å². The molecule has 0 aliphatic heterocycles. The summed E-state index contributed by atoms with van der Waals surface area (Å²) in [6.07, 6.45) is 3.37. The van der Waals surface area contributed by atoms with E-state index in [1.807, 2.05) is 24.3 Å². The average Bonchev–Trinajstić information content (AvgIpc) is 2.97. The first kappa shape index (κ1) is 12.8. The fraction of sp³-hybridized carbons (Fsp3) is 0.0667. The summed E-state index contributed by atoms with van der Waals surface area (Å²) < 4.78 is 6.54. The highest BCUT2D eigenvalue weighted by Gasteiger charge is 2.09.